The lowest BCUT2D eigenvalue weighted by Gasteiger charge is -2.18. The summed E-state index contributed by atoms with van der Waals surface area (Å²) in [6.45, 7) is 4.73. The van der Waals surface area contributed by atoms with Crippen LogP contribution in [-0.4, -0.2) is 29.3 Å². The molecule has 24 heavy (non-hydrogen) atoms. The number of hydrogen-bond donors (Lipinski definition) is 1. The van der Waals surface area contributed by atoms with Gasteiger partial charge in [0.15, 0.2) is 11.5 Å². The SMILES string of the molecule is Cc1ccc(-c2nc3cc4c(cc3n2CCCN)OCCO4)cc1. The summed E-state index contributed by atoms with van der Waals surface area (Å²) in [5.41, 5.74) is 10.1. The van der Waals surface area contributed by atoms with Crippen molar-refractivity contribution in [3.8, 4) is 22.9 Å². The topological polar surface area (TPSA) is 62.3 Å². The van der Waals surface area contributed by atoms with Crippen molar-refractivity contribution < 1.29 is 9.47 Å². The Bertz CT molecular complexity index is 868. The number of fused-ring (bicyclic) bond motifs is 2. The molecule has 0 aliphatic carbocycles. The van der Waals surface area contributed by atoms with Gasteiger partial charge in [-0.3, -0.25) is 0 Å². The van der Waals surface area contributed by atoms with Gasteiger partial charge in [0, 0.05) is 24.2 Å². The lowest BCUT2D eigenvalue weighted by Crippen LogP contribution is -2.15. The first-order chi connectivity index (χ1) is 11.8. The Balaban J connectivity index is 1.89. The van der Waals surface area contributed by atoms with Crippen LogP contribution < -0.4 is 15.2 Å². The molecule has 5 heteroatoms. The monoisotopic (exact) mass is 323 g/mol. The number of nitrogens with zero attached hydrogens (tertiary/aromatic N) is 2. The van der Waals surface area contributed by atoms with Crippen LogP contribution in [0.5, 0.6) is 11.5 Å². The van der Waals surface area contributed by atoms with Crippen LogP contribution in [0.15, 0.2) is 36.4 Å². The zero-order valence-corrected chi connectivity index (χ0v) is 13.8. The molecule has 2 N–H and O–H groups in total. The van der Waals surface area contributed by atoms with E-state index in [9.17, 15) is 0 Å². The Morgan fingerprint density at radius 2 is 1.79 bits per heavy atom. The molecule has 124 valence electrons. The van der Waals surface area contributed by atoms with Crippen molar-refractivity contribution in [2.75, 3.05) is 19.8 Å². The number of ether oxygens (including phenoxy) is 2. The zero-order valence-electron chi connectivity index (χ0n) is 13.8. The fourth-order valence-corrected chi connectivity index (χ4v) is 3.06. The molecule has 0 bridgehead atoms. The summed E-state index contributed by atoms with van der Waals surface area (Å²) in [7, 11) is 0. The van der Waals surface area contributed by atoms with Gasteiger partial charge in [0.25, 0.3) is 0 Å². The third-order valence-corrected chi connectivity index (χ3v) is 4.31. The minimum absolute atomic E-state index is 0.581. The number of aryl methyl sites for hydroxylation is 2. The lowest BCUT2D eigenvalue weighted by molar-refractivity contribution is 0.172. The molecule has 0 spiro atoms. The first-order valence-corrected chi connectivity index (χ1v) is 8.33. The molecule has 1 aliphatic rings. The predicted octanol–water partition coefficient (Wildman–Crippen LogP) is 3.13. The van der Waals surface area contributed by atoms with Crippen LogP contribution in [0.3, 0.4) is 0 Å². The standard InChI is InChI=1S/C19H21N3O2/c1-13-3-5-14(6-4-13)19-21-15-11-17-18(24-10-9-23-17)12-16(15)22(19)8-2-7-20/h3-6,11-12H,2,7-10,20H2,1H3. The normalized spacial score (nSPS) is 13.4. The highest BCUT2D eigenvalue weighted by Crippen LogP contribution is 2.36. The van der Waals surface area contributed by atoms with E-state index in [1.54, 1.807) is 0 Å². The molecule has 0 fully saturated rings. The van der Waals surface area contributed by atoms with E-state index in [0.717, 1.165) is 46.9 Å². The van der Waals surface area contributed by atoms with Crippen LogP contribution >= 0.6 is 0 Å². The van der Waals surface area contributed by atoms with E-state index in [0.29, 0.717) is 19.8 Å². The first kappa shape index (κ1) is 15.0. The maximum atomic E-state index is 5.73. The second-order valence-electron chi connectivity index (χ2n) is 6.08. The lowest BCUT2D eigenvalue weighted by atomic mass is 10.1. The van der Waals surface area contributed by atoms with Gasteiger partial charge >= 0.3 is 0 Å². The number of imidazole rings is 1. The van der Waals surface area contributed by atoms with Crippen molar-refractivity contribution in [1.29, 1.82) is 0 Å². The van der Waals surface area contributed by atoms with Crippen molar-refractivity contribution in [3.05, 3.63) is 42.0 Å². The molecule has 4 rings (SSSR count). The minimum Gasteiger partial charge on any atom is -0.486 e. The van der Waals surface area contributed by atoms with Crippen LogP contribution in [0.4, 0.5) is 0 Å². The quantitative estimate of drug-likeness (QED) is 0.801. The summed E-state index contributed by atoms with van der Waals surface area (Å²) < 4.78 is 13.6. The van der Waals surface area contributed by atoms with Gasteiger partial charge in [-0.1, -0.05) is 29.8 Å². The smallest absolute Gasteiger partial charge is 0.163 e. The summed E-state index contributed by atoms with van der Waals surface area (Å²) in [6.07, 6.45) is 0.902. The average molecular weight is 323 g/mol. The molecule has 1 aromatic heterocycles. The van der Waals surface area contributed by atoms with Crippen molar-refractivity contribution in [2.45, 2.75) is 19.9 Å². The second-order valence-corrected chi connectivity index (χ2v) is 6.08. The average Bonchev–Trinajstić information content (AvgIpc) is 2.96. The number of hydrogen-bond acceptors (Lipinski definition) is 4. The van der Waals surface area contributed by atoms with Crippen LogP contribution in [0, 0.1) is 6.92 Å². The van der Waals surface area contributed by atoms with Gasteiger partial charge in [-0.25, -0.2) is 4.98 Å². The van der Waals surface area contributed by atoms with Crippen molar-refractivity contribution >= 4 is 11.0 Å². The molecular weight excluding hydrogens is 302 g/mol. The van der Waals surface area contributed by atoms with E-state index >= 15 is 0 Å². The molecule has 0 unspecified atom stereocenters. The Kier molecular flexibility index (Phi) is 3.86. The third-order valence-electron chi connectivity index (χ3n) is 4.31. The van der Waals surface area contributed by atoms with Gasteiger partial charge in [0.1, 0.15) is 19.0 Å². The van der Waals surface area contributed by atoms with Gasteiger partial charge in [-0.15, -0.1) is 0 Å². The largest absolute Gasteiger partial charge is 0.486 e. The number of nitrogens with two attached hydrogens (primary N) is 1. The second kappa shape index (κ2) is 6.17. The minimum atomic E-state index is 0.581. The molecule has 0 saturated carbocycles. The van der Waals surface area contributed by atoms with Crippen LogP contribution in [-0.2, 0) is 6.54 Å². The fourth-order valence-electron chi connectivity index (χ4n) is 3.06. The zero-order chi connectivity index (χ0) is 16.5. The van der Waals surface area contributed by atoms with E-state index in [1.165, 1.54) is 5.56 Å². The van der Waals surface area contributed by atoms with Gasteiger partial charge in [0.2, 0.25) is 0 Å². The van der Waals surface area contributed by atoms with E-state index in [-0.39, 0.29) is 0 Å². The highest BCUT2D eigenvalue weighted by molar-refractivity contribution is 5.84. The Morgan fingerprint density at radius 1 is 1.08 bits per heavy atom. The van der Waals surface area contributed by atoms with E-state index < -0.39 is 0 Å². The molecule has 0 amide bonds. The molecule has 2 aromatic carbocycles. The number of aromatic nitrogens is 2. The molecule has 0 radical (unpaired) electrons. The van der Waals surface area contributed by atoms with Gasteiger partial charge in [-0.05, 0) is 19.9 Å². The van der Waals surface area contributed by atoms with E-state index in [1.807, 2.05) is 12.1 Å². The first-order valence-electron chi connectivity index (χ1n) is 8.33. The van der Waals surface area contributed by atoms with Gasteiger partial charge < -0.3 is 19.8 Å². The van der Waals surface area contributed by atoms with Gasteiger partial charge in [-0.2, -0.15) is 0 Å². The predicted molar refractivity (Wildman–Crippen MR) is 94.6 cm³/mol. The summed E-state index contributed by atoms with van der Waals surface area (Å²) in [6, 6.07) is 12.5. The summed E-state index contributed by atoms with van der Waals surface area (Å²) in [5, 5.41) is 0. The summed E-state index contributed by atoms with van der Waals surface area (Å²) >= 11 is 0. The van der Waals surface area contributed by atoms with Crippen molar-refractivity contribution in [2.24, 2.45) is 5.73 Å². The molecule has 3 aromatic rings. The number of benzene rings is 2. The van der Waals surface area contributed by atoms with Crippen LogP contribution in [0.2, 0.25) is 0 Å². The summed E-state index contributed by atoms with van der Waals surface area (Å²) in [4.78, 5) is 4.86. The Labute approximate surface area is 141 Å². The molecular formula is C19H21N3O2. The molecule has 1 aliphatic heterocycles. The molecule has 0 saturated heterocycles. The molecule has 5 nitrogen and oxygen atoms in total. The van der Waals surface area contributed by atoms with Gasteiger partial charge in [0.05, 0.1) is 11.0 Å². The Hall–Kier alpha value is -2.53. The van der Waals surface area contributed by atoms with Crippen molar-refractivity contribution in [1.82, 2.24) is 9.55 Å². The summed E-state index contributed by atoms with van der Waals surface area (Å²) in [5.74, 6) is 2.52. The fraction of sp³-hybridized carbons (Fsp3) is 0.316. The molecule has 2 heterocycles. The van der Waals surface area contributed by atoms with Crippen LogP contribution in [0.1, 0.15) is 12.0 Å². The number of rotatable bonds is 4. The maximum absolute atomic E-state index is 5.73. The highest BCUT2D eigenvalue weighted by Gasteiger charge is 2.18. The van der Waals surface area contributed by atoms with E-state index in [4.69, 9.17) is 20.2 Å². The van der Waals surface area contributed by atoms with Crippen LogP contribution in [0.25, 0.3) is 22.4 Å². The third kappa shape index (κ3) is 2.61. The molecule has 0 atom stereocenters. The maximum Gasteiger partial charge on any atom is 0.163 e. The van der Waals surface area contributed by atoms with Crippen molar-refractivity contribution in [3.63, 3.8) is 0 Å². The Morgan fingerprint density at radius 3 is 2.50 bits per heavy atom. The highest BCUT2D eigenvalue weighted by atomic mass is 16.6. The van der Waals surface area contributed by atoms with E-state index in [2.05, 4.69) is 35.8 Å².